The molecule has 2 heterocycles. The first-order chi connectivity index (χ1) is 7.02. The summed E-state index contributed by atoms with van der Waals surface area (Å²) < 4.78 is 22.8. The summed E-state index contributed by atoms with van der Waals surface area (Å²) in [5.41, 5.74) is 6.43. The summed E-state index contributed by atoms with van der Waals surface area (Å²) in [6.45, 7) is 0.252. The molecule has 15 heavy (non-hydrogen) atoms. The second kappa shape index (κ2) is 3.51. The third-order valence-corrected chi connectivity index (χ3v) is 4.04. The van der Waals surface area contributed by atoms with E-state index in [1.165, 1.54) is 11.3 Å². The van der Waals surface area contributed by atoms with Crippen molar-refractivity contribution >= 4 is 31.5 Å². The van der Waals surface area contributed by atoms with Gasteiger partial charge < -0.3 is 5.73 Å². The van der Waals surface area contributed by atoms with Crippen LogP contribution in [0.15, 0.2) is 16.5 Å². The Morgan fingerprint density at radius 1 is 1.53 bits per heavy atom. The minimum Gasteiger partial charge on any atom is -0.325 e. The first kappa shape index (κ1) is 10.5. The maximum absolute atomic E-state index is 11.4. The number of thiophene rings is 1. The molecule has 0 atom stereocenters. The zero-order valence-electron chi connectivity index (χ0n) is 7.97. The maximum atomic E-state index is 11.4. The van der Waals surface area contributed by atoms with E-state index in [1.807, 2.05) is 0 Å². The molecule has 7 heteroatoms. The summed E-state index contributed by atoms with van der Waals surface area (Å²) in [7, 11) is -3.24. The van der Waals surface area contributed by atoms with Gasteiger partial charge in [0.1, 0.15) is 15.2 Å². The van der Waals surface area contributed by atoms with Gasteiger partial charge in [0.25, 0.3) is 0 Å². The summed E-state index contributed by atoms with van der Waals surface area (Å²) in [5, 5.41) is 1.56. The monoisotopic (exact) mass is 243 g/mol. The molecule has 0 radical (unpaired) electrons. The second-order valence-electron chi connectivity index (χ2n) is 3.09. The highest BCUT2D eigenvalue weighted by Gasteiger charge is 2.16. The van der Waals surface area contributed by atoms with Gasteiger partial charge >= 0.3 is 0 Å². The zero-order chi connectivity index (χ0) is 11.1. The van der Waals surface area contributed by atoms with E-state index in [2.05, 4.69) is 9.97 Å². The molecule has 0 aliphatic rings. The molecular formula is C8H9N3O2S2. The van der Waals surface area contributed by atoms with Crippen LogP contribution in [0.5, 0.6) is 0 Å². The molecule has 80 valence electrons. The quantitative estimate of drug-likeness (QED) is 0.832. The average Bonchev–Trinajstić information content (AvgIpc) is 2.59. The molecule has 5 nitrogen and oxygen atoms in total. The van der Waals surface area contributed by atoms with Crippen LogP contribution < -0.4 is 5.73 Å². The fourth-order valence-electron chi connectivity index (χ4n) is 1.19. The topological polar surface area (TPSA) is 85.9 Å². The Balaban J connectivity index is 2.78. The van der Waals surface area contributed by atoms with Crippen molar-refractivity contribution in [1.29, 1.82) is 0 Å². The fourth-order valence-corrected chi connectivity index (χ4v) is 3.30. The Hall–Kier alpha value is -1.05. The van der Waals surface area contributed by atoms with Crippen molar-refractivity contribution < 1.29 is 8.42 Å². The summed E-state index contributed by atoms with van der Waals surface area (Å²) >= 11 is 1.27. The smallest absolute Gasteiger partial charge is 0.178 e. The second-order valence-corrected chi connectivity index (χ2v) is 5.93. The minimum absolute atomic E-state index is 0.227. The molecule has 0 aliphatic carbocycles. The van der Waals surface area contributed by atoms with Crippen LogP contribution in [0.25, 0.3) is 10.3 Å². The molecule has 2 N–H and O–H groups in total. The molecule has 0 aliphatic heterocycles. The number of hydrogen-bond acceptors (Lipinski definition) is 6. The standard InChI is InChI=1S/C8H9N3O2S2/c1-15(12,13)6-4-14-8-7(6)11-5(2-9)3-10-8/h3-4H,2,9H2,1H3. The van der Waals surface area contributed by atoms with Crippen LogP contribution in [0, 0.1) is 0 Å². The van der Waals surface area contributed by atoms with Crippen molar-refractivity contribution in [3.63, 3.8) is 0 Å². The van der Waals surface area contributed by atoms with E-state index in [0.717, 1.165) is 6.26 Å². The van der Waals surface area contributed by atoms with Crippen LogP contribution in [-0.2, 0) is 16.4 Å². The Kier molecular flexibility index (Phi) is 2.45. The minimum atomic E-state index is -3.24. The maximum Gasteiger partial charge on any atom is 0.178 e. The molecule has 2 aromatic rings. The lowest BCUT2D eigenvalue weighted by Gasteiger charge is -1.97. The van der Waals surface area contributed by atoms with Crippen LogP contribution in [0.2, 0.25) is 0 Å². The summed E-state index contributed by atoms with van der Waals surface area (Å²) in [5.74, 6) is 0. The van der Waals surface area contributed by atoms with E-state index in [1.54, 1.807) is 11.6 Å². The van der Waals surface area contributed by atoms with E-state index in [9.17, 15) is 8.42 Å². The molecular weight excluding hydrogens is 234 g/mol. The van der Waals surface area contributed by atoms with Crippen LogP contribution in [0.4, 0.5) is 0 Å². The Labute approximate surface area is 90.9 Å². The van der Waals surface area contributed by atoms with Gasteiger partial charge in [-0.05, 0) is 0 Å². The summed E-state index contributed by atoms with van der Waals surface area (Å²) in [6, 6.07) is 0. The van der Waals surface area contributed by atoms with Crippen molar-refractivity contribution in [2.45, 2.75) is 11.4 Å². The van der Waals surface area contributed by atoms with Crippen molar-refractivity contribution in [1.82, 2.24) is 9.97 Å². The normalized spacial score (nSPS) is 12.1. The largest absolute Gasteiger partial charge is 0.325 e. The van der Waals surface area contributed by atoms with Gasteiger partial charge in [0.2, 0.25) is 0 Å². The molecule has 0 amide bonds. The van der Waals surface area contributed by atoms with E-state index in [0.29, 0.717) is 16.0 Å². The van der Waals surface area contributed by atoms with Gasteiger partial charge in [-0.3, -0.25) is 0 Å². The van der Waals surface area contributed by atoms with Crippen LogP contribution in [0.3, 0.4) is 0 Å². The molecule has 0 saturated heterocycles. The van der Waals surface area contributed by atoms with Gasteiger partial charge in [-0.2, -0.15) is 0 Å². The van der Waals surface area contributed by atoms with Crippen molar-refractivity contribution in [2.24, 2.45) is 5.73 Å². The highest BCUT2D eigenvalue weighted by Crippen LogP contribution is 2.26. The molecule has 0 unspecified atom stereocenters. The molecule has 2 aromatic heterocycles. The third kappa shape index (κ3) is 1.85. The average molecular weight is 243 g/mol. The Morgan fingerprint density at radius 3 is 2.87 bits per heavy atom. The molecule has 0 fully saturated rings. The van der Waals surface area contributed by atoms with Gasteiger partial charge in [-0.25, -0.2) is 18.4 Å². The van der Waals surface area contributed by atoms with Gasteiger partial charge in [-0.15, -0.1) is 11.3 Å². The van der Waals surface area contributed by atoms with Crippen LogP contribution >= 0.6 is 11.3 Å². The number of sulfone groups is 1. The van der Waals surface area contributed by atoms with Gasteiger partial charge in [0.15, 0.2) is 9.84 Å². The highest BCUT2D eigenvalue weighted by atomic mass is 32.2. The third-order valence-electron chi connectivity index (χ3n) is 1.91. The Bertz CT molecular complexity index is 603. The van der Waals surface area contributed by atoms with Crippen molar-refractivity contribution in [2.75, 3.05) is 6.26 Å². The lowest BCUT2D eigenvalue weighted by atomic mass is 10.4. The predicted molar refractivity (Wildman–Crippen MR) is 58.4 cm³/mol. The zero-order valence-corrected chi connectivity index (χ0v) is 9.60. The van der Waals surface area contributed by atoms with Gasteiger partial charge in [-0.1, -0.05) is 0 Å². The molecule has 0 bridgehead atoms. The van der Waals surface area contributed by atoms with Gasteiger partial charge in [0, 0.05) is 18.2 Å². The summed E-state index contributed by atoms with van der Waals surface area (Å²) in [6.07, 6.45) is 2.72. The van der Waals surface area contributed by atoms with E-state index in [-0.39, 0.29) is 11.4 Å². The van der Waals surface area contributed by atoms with Crippen LogP contribution in [-0.4, -0.2) is 24.6 Å². The van der Waals surface area contributed by atoms with Crippen molar-refractivity contribution in [3.8, 4) is 0 Å². The fraction of sp³-hybridized carbons (Fsp3) is 0.250. The van der Waals surface area contributed by atoms with Crippen LogP contribution in [0.1, 0.15) is 5.69 Å². The molecule has 2 rings (SSSR count). The number of rotatable bonds is 2. The lowest BCUT2D eigenvalue weighted by Crippen LogP contribution is -2.02. The van der Waals surface area contributed by atoms with Gasteiger partial charge in [0.05, 0.1) is 11.9 Å². The number of fused-ring (bicyclic) bond motifs is 1. The Morgan fingerprint density at radius 2 is 2.27 bits per heavy atom. The first-order valence-corrected chi connectivity index (χ1v) is 6.92. The SMILES string of the molecule is CS(=O)(=O)c1csc2ncc(CN)nc12. The number of hydrogen-bond donors (Lipinski definition) is 1. The molecule has 0 saturated carbocycles. The first-order valence-electron chi connectivity index (χ1n) is 4.15. The molecule has 0 spiro atoms. The van der Waals surface area contributed by atoms with E-state index < -0.39 is 9.84 Å². The predicted octanol–water partition coefficient (Wildman–Crippen LogP) is 0.554. The number of aromatic nitrogens is 2. The lowest BCUT2D eigenvalue weighted by molar-refractivity contribution is 0.603. The van der Waals surface area contributed by atoms with Crippen molar-refractivity contribution in [3.05, 3.63) is 17.3 Å². The molecule has 0 aromatic carbocycles. The highest BCUT2D eigenvalue weighted by molar-refractivity contribution is 7.91. The number of nitrogens with two attached hydrogens (primary N) is 1. The summed E-state index contributed by atoms with van der Waals surface area (Å²) in [4.78, 5) is 9.11. The number of nitrogens with zero attached hydrogens (tertiary/aromatic N) is 2. The van der Waals surface area contributed by atoms with E-state index >= 15 is 0 Å². The van der Waals surface area contributed by atoms with E-state index in [4.69, 9.17) is 5.73 Å².